The topological polar surface area (TPSA) is 18.5 Å². The van der Waals surface area contributed by atoms with Gasteiger partial charge in [0.05, 0.1) is 11.9 Å². The van der Waals surface area contributed by atoms with E-state index in [2.05, 4.69) is 0 Å². The number of hydrogen-bond acceptors (Lipinski definition) is 2. The largest absolute Gasteiger partial charge is 0.572 e. The summed E-state index contributed by atoms with van der Waals surface area (Å²) < 4.78 is 9.79. The normalized spacial score (nSPS) is 27.8. The molecule has 1 atom stereocenters. The van der Waals surface area contributed by atoms with E-state index in [0.717, 1.165) is 5.76 Å². The zero-order valence-electron chi connectivity index (χ0n) is 5.05. The van der Waals surface area contributed by atoms with Gasteiger partial charge in [-0.25, -0.2) is 0 Å². The summed E-state index contributed by atoms with van der Waals surface area (Å²) >= 11 is 0. The van der Waals surface area contributed by atoms with Crippen molar-refractivity contribution in [3.8, 4) is 0 Å². The van der Waals surface area contributed by atoms with Gasteiger partial charge in [0, 0.05) is 0 Å². The van der Waals surface area contributed by atoms with Crippen LogP contribution in [0.25, 0.3) is 0 Å². The van der Waals surface area contributed by atoms with E-state index in [9.17, 15) is 0 Å². The molecule has 3 heteroatoms. The van der Waals surface area contributed by atoms with Crippen molar-refractivity contribution in [2.75, 3.05) is 0 Å². The molecule has 0 fully saturated rings. The van der Waals surface area contributed by atoms with Gasteiger partial charge < -0.3 is 9.31 Å². The van der Waals surface area contributed by atoms with E-state index in [4.69, 9.17) is 9.31 Å². The second-order valence-corrected chi connectivity index (χ2v) is 1.83. The molecule has 1 radical (unpaired) electrons. The van der Waals surface area contributed by atoms with E-state index in [-0.39, 0.29) is 6.10 Å². The molecular formula is C5H8BO2. The first-order valence-corrected chi connectivity index (χ1v) is 2.61. The van der Waals surface area contributed by atoms with Gasteiger partial charge in [-0.2, -0.15) is 0 Å². The van der Waals surface area contributed by atoms with Crippen LogP contribution in [0.3, 0.4) is 0 Å². The van der Waals surface area contributed by atoms with Gasteiger partial charge in [-0.05, 0) is 19.9 Å². The average Bonchev–Trinajstić information content (AvgIpc) is 1.64. The van der Waals surface area contributed by atoms with Crippen molar-refractivity contribution >= 4 is 7.69 Å². The van der Waals surface area contributed by atoms with Crippen molar-refractivity contribution < 1.29 is 9.31 Å². The predicted molar refractivity (Wildman–Crippen MR) is 31.1 cm³/mol. The summed E-state index contributed by atoms with van der Waals surface area (Å²) in [6.45, 7) is 3.86. The molecule has 0 amide bonds. The van der Waals surface area contributed by atoms with Gasteiger partial charge in [0.2, 0.25) is 0 Å². The lowest BCUT2D eigenvalue weighted by Crippen LogP contribution is -2.17. The van der Waals surface area contributed by atoms with Gasteiger partial charge in [0.1, 0.15) is 0 Å². The van der Waals surface area contributed by atoms with E-state index in [1.165, 1.54) is 7.69 Å². The maximum atomic E-state index is 4.92. The van der Waals surface area contributed by atoms with Crippen molar-refractivity contribution in [3.05, 3.63) is 11.8 Å². The highest BCUT2D eigenvalue weighted by Gasteiger charge is 2.08. The molecule has 1 unspecified atom stereocenters. The monoisotopic (exact) mass is 111 g/mol. The average molecular weight is 111 g/mol. The Morgan fingerprint density at radius 3 is 2.88 bits per heavy atom. The van der Waals surface area contributed by atoms with Crippen molar-refractivity contribution in [3.63, 3.8) is 0 Å². The van der Waals surface area contributed by atoms with Crippen LogP contribution >= 0.6 is 0 Å². The lowest BCUT2D eigenvalue weighted by Gasteiger charge is -2.15. The second-order valence-electron chi connectivity index (χ2n) is 1.83. The Hall–Kier alpha value is -0.435. The molecule has 0 N–H and O–H groups in total. The summed E-state index contributed by atoms with van der Waals surface area (Å²) in [4.78, 5) is 0. The Labute approximate surface area is 49.8 Å². The molecule has 0 aliphatic carbocycles. The smallest absolute Gasteiger partial charge is 0.541 e. The summed E-state index contributed by atoms with van der Waals surface area (Å²) in [5.41, 5.74) is 0. The lowest BCUT2D eigenvalue weighted by atomic mass is 10.2. The summed E-state index contributed by atoms with van der Waals surface area (Å²) in [6, 6.07) is 0. The maximum Gasteiger partial charge on any atom is 0.572 e. The maximum absolute atomic E-state index is 4.92. The van der Waals surface area contributed by atoms with Gasteiger partial charge in [0.25, 0.3) is 0 Å². The molecule has 1 aliphatic heterocycles. The van der Waals surface area contributed by atoms with E-state index in [0.29, 0.717) is 0 Å². The third-order valence-electron chi connectivity index (χ3n) is 0.974. The molecule has 0 saturated heterocycles. The second kappa shape index (κ2) is 2.22. The van der Waals surface area contributed by atoms with E-state index < -0.39 is 0 Å². The molecule has 1 aliphatic rings. The molecule has 0 bridgehead atoms. The van der Waals surface area contributed by atoms with E-state index >= 15 is 0 Å². The van der Waals surface area contributed by atoms with Crippen LogP contribution < -0.4 is 0 Å². The molecule has 1 heterocycles. The van der Waals surface area contributed by atoms with Gasteiger partial charge in [-0.3, -0.25) is 0 Å². The molecule has 0 aromatic carbocycles. The van der Waals surface area contributed by atoms with Crippen molar-refractivity contribution in [1.82, 2.24) is 0 Å². The molecule has 43 valence electrons. The van der Waals surface area contributed by atoms with Gasteiger partial charge in [-0.1, -0.05) is 0 Å². The third-order valence-corrected chi connectivity index (χ3v) is 0.974. The Bertz CT molecular complexity index is 111. The quantitative estimate of drug-likeness (QED) is 0.431. The van der Waals surface area contributed by atoms with Crippen LogP contribution in [-0.4, -0.2) is 13.8 Å². The fraction of sp³-hybridized carbons (Fsp3) is 0.600. The molecule has 0 aromatic heterocycles. The minimum absolute atomic E-state index is 0.170. The molecule has 0 spiro atoms. The van der Waals surface area contributed by atoms with Gasteiger partial charge >= 0.3 is 7.69 Å². The van der Waals surface area contributed by atoms with Crippen LogP contribution in [0.1, 0.15) is 13.8 Å². The molecule has 8 heavy (non-hydrogen) atoms. The highest BCUT2D eigenvalue weighted by atomic mass is 16.6. The Morgan fingerprint density at radius 1 is 1.75 bits per heavy atom. The number of hydrogen-bond donors (Lipinski definition) is 0. The Balaban J connectivity index is 2.50. The molecule has 0 aromatic rings. The van der Waals surface area contributed by atoms with Crippen LogP contribution in [0.15, 0.2) is 11.8 Å². The summed E-state index contributed by atoms with van der Waals surface area (Å²) in [5.74, 6) is 0.906. The molecule has 1 rings (SSSR count). The first-order valence-electron chi connectivity index (χ1n) is 2.61. The lowest BCUT2D eigenvalue weighted by molar-refractivity contribution is 0.198. The van der Waals surface area contributed by atoms with E-state index in [1.54, 1.807) is 0 Å². The van der Waals surface area contributed by atoms with Gasteiger partial charge in [0.15, 0.2) is 0 Å². The first kappa shape index (κ1) is 5.70. The van der Waals surface area contributed by atoms with Crippen LogP contribution in [0.5, 0.6) is 0 Å². The SMILES string of the molecule is CC1=CC(C)O[B]O1. The summed E-state index contributed by atoms with van der Waals surface area (Å²) in [6.07, 6.45) is 2.09. The molecular weight excluding hydrogens is 103 g/mol. The number of allylic oxidation sites excluding steroid dienone is 1. The van der Waals surface area contributed by atoms with Crippen LogP contribution in [0.2, 0.25) is 0 Å². The van der Waals surface area contributed by atoms with Gasteiger partial charge in [-0.15, -0.1) is 0 Å². The summed E-state index contributed by atoms with van der Waals surface area (Å²) in [7, 11) is 1.36. The van der Waals surface area contributed by atoms with Crippen LogP contribution in [-0.2, 0) is 9.31 Å². The first-order chi connectivity index (χ1) is 3.79. The number of rotatable bonds is 0. The van der Waals surface area contributed by atoms with Crippen molar-refractivity contribution in [1.29, 1.82) is 0 Å². The van der Waals surface area contributed by atoms with E-state index in [1.807, 2.05) is 19.9 Å². The fourth-order valence-corrected chi connectivity index (χ4v) is 0.600. The Kier molecular flexibility index (Phi) is 1.58. The summed E-state index contributed by atoms with van der Waals surface area (Å²) in [5, 5.41) is 0. The standard InChI is InChI=1S/C5H8BO2/c1-4-3-5(2)8-6-7-4/h3-4H,1-2H3. The zero-order valence-corrected chi connectivity index (χ0v) is 5.05. The van der Waals surface area contributed by atoms with Crippen LogP contribution in [0, 0.1) is 0 Å². The highest BCUT2D eigenvalue weighted by Crippen LogP contribution is 2.05. The van der Waals surface area contributed by atoms with Crippen molar-refractivity contribution in [2.45, 2.75) is 20.0 Å². The van der Waals surface area contributed by atoms with Crippen LogP contribution in [0.4, 0.5) is 0 Å². The highest BCUT2D eigenvalue weighted by molar-refractivity contribution is 6.19. The third kappa shape index (κ3) is 1.27. The minimum Gasteiger partial charge on any atom is -0.541 e. The molecule has 0 saturated carbocycles. The van der Waals surface area contributed by atoms with Crippen molar-refractivity contribution in [2.24, 2.45) is 0 Å². The Morgan fingerprint density at radius 2 is 2.50 bits per heavy atom. The zero-order chi connectivity index (χ0) is 5.98. The minimum atomic E-state index is 0.170. The fourth-order valence-electron chi connectivity index (χ4n) is 0.600. The predicted octanol–water partition coefficient (Wildman–Crippen LogP) is 0.860. The molecule has 2 nitrogen and oxygen atoms in total.